The smallest absolute Gasteiger partial charge is 0.237 e. The first-order valence-corrected chi connectivity index (χ1v) is 5.26. The van der Waals surface area contributed by atoms with Crippen LogP contribution in [0, 0.1) is 0 Å². The molecule has 2 unspecified atom stereocenters. The van der Waals surface area contributed by atoms with Crippen molar-refractivity contribution < 1.29 is 4.79 Å². The van der Waals surface area contributed by atoms with E-state index in [1.165, 1.54) is 0 Å². The molecule has 0 fully saturated rings. The maximum atomic E-state index is 11.5. The standard InChI is InChI=1S/C11H22N2O/c1-5-7-9(3)13-11(14)10(4)12-8-6-2/h6,9-10,12H,2,5,7-8H2,1,3-4H3,(H,13,14). The van der Waals surface area contributed by atoms with E-state index < -0.39 is 0 Å². The van der Waals surface area contributed by atoms with Crippen molar-refractivity contribution in [2.75, 3.05) is 6.54 Å². The normalized spacial score (nSPS) is 14.5. The summed E-state index contributed by atoms with van der Waals surface area (Å²) < 4.78 is 0. The highest BCUT2D eigenvalue weighted by molar-refractivity contribution is 5.81. The van der Waals surface area contributed by atoms with Crippen LogP contribution in [-0.4, -0.2) is 24.5 Å². The van der Waals surface area contributed by atoms with Gasteiger partial charge in [-0.2, -0.15) is 0 Å². The molecule has 0 aliphatic rings. The van der Waals surface area contributed by atoms with E-state index in [9.17, 15) is 4.79 Å². The van der Waals surface area contributed by atoms with Crippen LogP contribution in [0.3, 0.4) is 0 Å². The van der Waals surface area contributed by atoms with E-state index in [4.69, 9.17) is 0 Å². The average Bonchev–Trinajstić information content (AvgIpc) is 2.14. The lowest BCUT2D eigenvalue weighted by Crippen LogP contribution is -2.45. The minimum atomic E-state index is -0.146. The van der Waals surface area contributed by atoms with Gasteiger partial charge >= 0.3 is 0 Å². The Balaban J connectivity index is 3.76. The van der Waals surface area contributed by atoms with Gasteiger partial charge in [-0.3, -0.25) is 4.79 Å². The summed E-state index contributed by atoms with van der Waals surface area (Å²) in [7, 11) is 0. The van der Waals surface area contributed by atoms with Crippen molar-refractivity contribution in [3.8, 4) is 0 Å². The summed E-state index contributed by atoms with van der Waals surface area (Å²) in [5, 5.41) is 6.00. The summed E-state index contributed by atoms with van der Waals surface area (Å²) >= 11 is 0. The van der Waals surface area contributed by atoms with E-state index in [0.29, 0.717) is 6.54 Å². The molecule has 0 rings (SSSR count). The molecule has 0 radical (unpaired) electrons. The topological polar surface area (TPSA) is 41.1 Å². The second-order valence-corrected chi connectivity index (χ2v) is 3.62. The van der Waals surface area contributed by atoms with Crippen molar-refractivity contribution in [2.24, 2.45) is 0 Å². The summed E-state index contributed by atoms with van der Waals surface area (Å²) in [5.41, 5.74) is 0. The molecule has 2 N–H and O–H groups in total. The lowest BCUT2D eigenvalue weighted by Gasteiger charge is -2.17. The Bertz CT molecular complexity index is 180. The van der Waals surface area contributed by atoms with Gasteiger partial charge in [0.15, 0.2) is 0 Å². The number of amides is 1. The maximum Gasteiger partial charge on any atom is 0.237 e. The predicted octanol–water partition coefficient (Wildman–Crippen LogP) is 1.46. The zero-order valence-electron chi connectivity index (χ0n) is 9.47. The summed E-state index contributed by atoms with van der Waals surface area (Å²) in [6, 6.07) is 0.118. The van der Waals surface area contributed by atoms with E-state index in [1.807, 2.05) is 13.8 Å². The third-order valence-corrected chi connectivity index (χ3v) is 2.07. The average molecular weight is 198 g/mol. The second-order valence-electron chi connectivity index (χ2n) is 3.62. The zero-order valence-corrected chi connectivity index (χ0v) is 9.47. The van der Waals surface area contributed by atoms with Crippen LogP contribution >= 0.6 is 0 Å². The molecule has 82 valence electrons. The van der Waals surface area contributed by atoms with Crippen LogP contribution in [0.15, 0.2) is 12.7 Å². The fourth-order valence-electron chi connectivity index (χ4n) is 1.23. The minimum Gasteiger partial charge on any atom is -0.352 e. The summed E-state index contributed by atoms with van der Waals surface area (Å²) in [4.78, 5) is 11.5. The highest BCUT2D eigenvalue weighted by Crippen LogP contribution is 1.95. The SMILES string of the molecule is C=CCNC(C)C(=O)NC(C)CCC. The number of hydrogen-bond donors (Lipinski definition) is 2. The molecule has 14 heavy (non-hydrogen) atoms. The number of carbonyl (C=O) groups is 1. The molecule has 0 heterocycles. The van der Waals surface area contributed by atoms with Crippen molar-refractivity contribution >= 4 is 5.91 Å². The summed E-state index contributed by atoms with van der Waals surface area (Å²) in [6.07, 6.45) is 3.87. The molecule has 0 aromatic heterocycles. The summed E-state index contributed by atoms with van der Waals surface area (Å²) in [6.45, 7) is 10.3. The number of carbonyl (C=O) groups excluding carboxylic acids is 1. The molecular weight excluding hydrogens is 176 g/mol. The third-order valence-electron chi connectivity index (χ3n) is 2.07. The van der Waals surface area contributed by atoms with Crippen molar-refractivity contribution in [3.63, 3.8) is 0 Å². The molecule has 0 bridgehead atoms. The Kier molecular flexibility index (Phi) is 7.11. The van der Waals surface area contributed by atoms with E-state index >= 15 is 0 Å². The first kappa shape index (κ1) is 13.2. The monoisotopic (exact) mass is 198 g/mol. The van der Waals surface area contributed by atoms with E-state index in [2.05, 4.69) is 24.1 Å². The predicted molar refractivity (Wildman–Crippen MR) is 60.2 cm³/mol. The van der Waals surface area contributed by atoms with Gasteiger partial charge in [0.2, 0.25) is 5.91 Å². The quantitative estimate of drug-likeness (QED) is 0.608. The maximum absolute atomic E-state index is 11.5. The highest BCUT2D eigenvalue weighted by Gasteiger charge is 2.12. The first-order valence-electron chi connectivity index (χ1n) is 5.26. The van der Waals surface area contributed by atoms with Crippen molar-refractivity contribution in [1.29, 1.82) is 0 Å². The molecule has 3 nitrogen and oxygen atoms in total. The Labute approximate surface area is 87.0 Å². The molecule has 1 amide bonds. The third kappa shape index (κ3) is 5.75. The van der Waals surface area contributed by atoms with Gasteiger partial charge in [0.1, 0.15) is 0 Å². The van der Waals surface area contributed by atoms with Gasteiger partial charge in [0, 0.05) is 12.6 Å². The number of hydrogen-bond acceptors (Lipinski definition) is 2. The van der Waals surface area contributed by atoms with E-state index in [-0.39, 0.29) is 18.0 Å². The van der Waals surface area contributed by atoms with Crippen molar-refractivity contribution in [3.05, 3.63) is 12.7 Å². The lowest BCUT2D eigenvalue weighted by molar-refractivity contribution is -0.123. The van der Waals surface area contributed by atoms with Gasteiger partial charge in [0.25, 0.3) is 0 Å². The van der Waals surface area contributed by atoms with Crippen LogP contribution in [0.2, 0.25) is 0 Å². The molecule has 0 aromatic carbocycles. The van der Waals surface area contributed by atoms with Crippen molar-refractivity contribution in [1.82, 2.24) is 10.6 Å². The van der Waals surface area contributed by atoms with Crippen molar-refractivity contribution in [2.45, 2.75) is 45.7 Å². The molecule has 0 saturated heterocycles. The molecule has 0 aliphatic carbocycles. The van der Waals surface area contributed by atoms with Gasteiger partial charge in [-0.15, -0.1) is 6.58 Å². The molecule has 0 spiro atoms. The van der Waals surface area contributed by atoms with Crippen LogP contribution in [0.25, 0.3) is 0 Å². The van der Waals surface area contributed by atoms with Crippen LogP contribution in [-0.2, 0) is 4.79 Å². The van der Waals surface area contributed by atoms with Gasteiger partial charge < -0.3 is 10.6 Å². The van der Waals surface area contributed by atoms with Gasteiger partial charge in [-0.05, 0) is 20.3 Å². The molecular formula is C11H22N2O. The fourth-order valence-corrected chi connectivity index (χ4v) is 1.23. The molecule has 0 aromatic rings. The van der Waals surface area contributed by atoms with Gasteiger partial charge in [0.05, 0.1) is 6.04 Å². The highest BCUT2D eigenvalue weighted by atomic mass is 16.2. The molecule has 0 saturated carbocycles. The number of rotatable bonds is 7. The Morgan fingerprint density at radius 1 is 1.50 bits per heavy atom. The second kappa shape index (κ2) is 7.56. The lowest BCUT2D eigenvalue weighted by atomic mass is 10.2. The van der Waals surface area contributed by atoms with Crippen LogP contribution in [0.1, 0.15) is 33.6 Å². The summed E-state index contributed by atoms with van der Waals surface area (Å²) in [5.74, 6) is 0.0628. The number of nitrogens with one attached hydrogen (secondary N) is 2. The Morgan fingerprint density at radius 3 is 2.64 bits per heavy atom. The zero-order chi connectivity index (χ0) is 11.0. The van der Waals surface area contributed by atoms with Crippen LogP contribution in [0.4, 0.5) is 0 Å². The van der Waals surface area contributed by atoms with Gasteiger partial charge in [-0.25, -0.2) is 0 Å². The fraction of sp³-hybridized carbons (Fsp3) is 0.727. The van der Waals surface area contributed by atoms with E-state index in [0.717, 1.165) is 12.8 Å². The molecule has 0 aliphatic heterocycles. The minimum absolute atomic E-state index is 0.0628. The first-order chi connectivity index (χ1) is 6.61. The van der Waals surface area contributed by atoms with Gasteiger partial charge in [-0.1, -0.05) is 19.4 Å². The Morgan fingerprint density at radius 2 is 2.14 bits per heavy atom. The largest absolute Gasteiger partial charge is 0.352 e. The molecule has 2 atom stereocenters. The van der Waals surface area contributed by atoms with Crippen LogP contribution < -0.4 is 10.6 Å². The van der Waals surface area contributed by atoms with Crippen LogP contribution in [0.5, 0.6) is 0 Å². The molecule has 3 heteroatoms. The Hall–Kier alpha value is -0.830. The van der Waals surface area contributed by atoms with E-state index in [1.54, 1.807) is 6.08 Å².